The lowest BCUT2D eigenvalue weighted by Gasteiger charge is -2.03. The van der Waals surface area contributed by atoms with Gasteiger partial charge in [-0.15, -0.1) is 0 Å². The summed E-state index contributed by atoms with van der Waals surface area (Å²) in [4.78, 5) is 5.31. The molecule has 92 valence electrons. The molecule has 0 spiro atoms. The van der Waals surface area contributed by atoms with E-state index in [1.165, 1.54) is 5.56 Å². The molecule has 2 aromatic rings. The van der Waals surface area contributed by atoms with Crippen molar-refractivity contribution in [3.8, 4) is 0 Å². The number of hydrogen-bond donors (Lipinski definition) is 0. The van der Waals surface area contributed by atoms with Crippen molar-refractivity contribution in [1.82, 2.24) is 0 Å². The van der Waals surface area contributed by atoms with E-state index < -0.39 is 0 Å². The van der Waals surface area contributed by atoms with Crippen molar-refractivity contribution in [2.24, 2.45) is 5.16 Å². The predicted molar refractivity (Wildman–Crippen MR) is 77.7 cm³/mol. The van der Waals surface area contributed by atoms with E-state index in [0.29, 0.717) is 6.61 Å². The summed E-state index contributed by atoms with van der Waals surface area (Å²) in [5.41, 5.74) is 3.37. The van der Waals surface area contributed by atoms with Gasteiger partial charge in [-0.2, -0.15) is 0 Å². The van der Waals surface area contributed by atoms with Crippen LogP contribution in [0.15, 0.2) is 58.2 Å². The van der Waals surface area contributed by atoms with Crippen LogP contribution >= 0.6 is 15.9 Å². The molecule has 0 aliphatic heterocycles. The Bertz CT molecular complexity index is 552. The van der Waals surface area contributed by atoms with Crippen LogP contribution in [0.25, 0.3) is 0 Å². The Labute approximate surface area is 115 Å². The zero-order chi connectivity index (χ0) is 12.8. The minimum atomic E-state index is 0.494. The summed E-state index contributed by atoms with van der Waals surface area (Å²) in [6, 6.07) is 16.0. The molecule has 0 aliphatic rings. The van der Waals surface area contributed by atoms with Crippen molar-refractivity contribution in [2.75, 3.05) is 0 Å². The molecule has 0 aromatic heterocycles. The van der Waals surface area contributed by atoms with Crippen LogP contribution in [0.2, 0.25) is 0 Å². The molecule has 0 atom stereocenters. The summed E-state index contributed by atoms with van der Waals surface area (Å²) >= 11 is 3.46. The van der Waals surface area contributed by atoms with Crippen molar-refractivity contribution < 1.29 is 4.84 Å². The highest BCUT2D eigenvalue weighted by atomic mass is 79.9. The Morgan fingerprint density at radius 3 is 2.61 bits per heavy atom. The predicted octanol–water partition coefficient (Wildman–Crippen LogP) is 4.31. The van der Waals surface area contributed by atoms with Gasteiger partial charge in [0.2, 0.25) is 0 Å². The van der Waals surface area contributed by atoms with E-state index >= 15 is 0 Å². The molecule has 0 saturated heterocycles. The first-order valence-electron chi connectivity index (χ1n) is 5.72. The molecule has 0 unspecified atom stereocenters. The first-order chi connectivity index (χ1) is 8.77. The topological polar surface area (TPSA) is 21.6 Å². The van der Waals surface area contributed by atoms with Gasteiger partial charge in [0.25, 0.3) is 0 Å². The van der Waals surface area contributed by atoms with E-state index in [-0.39, 0.29) is 0 Å². The summed E-state index contributed by atoms with van der Waals surface area (Å²) < 4.78 is 1.01. The third-order valence-electron chi connectivity index (χ3n) is 2.65. The van der Waals surface area contributed by atoms with Crippen LogP contribution in [0, 0.1) is 6.92 Å². The summed E-state index contributed by atoms with van der Waals surface area (Å²) in [6.07, 6.45) is 1.71. The second-order valence-corrected chi connectivity index (χ2v) is 4.81. The van der Waals surface area contributed by atoms with Crippen molar-refractivity contribution in [2.45, 2.75) is 13.5 Å². The summed E-state index contributed by atoms with van der Waals surface area (Å²) in [5.74, 6) is 0. The molecule has 0 N–H and O–H groups in total. The van der Waals surface area contributed by atoms with Gasteiger partial charge in [-0.05, 0) is 24.1 Å². The number of oxime groups is 1. The molecule has 0 saturated carbocycles. The SMILES string of the molecule is Cc1ccccc1CON=Cc1ccccc1Br. The molecule has 0 heterocycles. The van der Waals surface area contributed by atoms with Gasteiger partial charge in [-0.1, -0.05) is 63.6 Å². The van der Waals surface area contributed by atoms with Gasteiger partial charge in [0.1, 0.15) is 6.61 Å². The second kappa shape index (κ2) is 6.36. The lowest BCUT2D eigenvalue weighted by Crippen LogP contribution is -1.91. The van der Waals surface area contributed by atoms with Gasteiger partial charge in [0, 0.05) is 10.0 Å². The van der Waals surface area contributed by atoms with Crippen molar-refractivity contribution in [3.05, 3.63) is 69.7 Å². The van der Waals surface area contributed by atoms with Crippen LogP contribution in [0.5, 0.6) is 0 Å². The Morgan fingerprint density at radius 1 is 1.11 bits per heavy atom. The third kappa shape index (κ3) is 3.44. The molecule has 2 rings (SSSR count). The average Bonchev–Trinajstić information content (AvgIpc) is 2.38. The highest BCUT2D eigenvalue weighted by Gasteiger charge is 1.97. The summed E-state index contributed by atoms with van der Waals surface area (Å²) in [7, 11) is 0. The molecular formula is C15H14BrNO. The van der Waals surface area contributed by atoms with E-state index in [0.717, 1.165) is 15.6 Å². The number of halogens is 1. The fraction of sp³-hybridized carbons (Fsp3) is 0.133. The van der Waals surface area contributed by atoms with Crippen LogP contribution < -0.4 is 0 Å². The molecule has 0 aliphatic carbocycles. The highest BCUT2D eigenvalue weighted by Crippen LogP contribution is 2.14. The van der Waals surface area contributed by atoms with Gasteiger partial charge in [0.05, 0.1) is 6.21 Å². The van der Waals surface area contributed by atoms with E-state index in [1.807, 2.05) is 42.5 Å². The molecular weight excluding hydrogens is 290 g/mol. The Kier molecular flexibility index (Phi) is 4.53. The van der Waals surface area contributed by atoms with E-state index in [1.54, 1.807) is 6.21 Å². The van der Waals surface area contributed by atoms with E-state index in [4.69, 9.17) is 4.84 Å². The Hall–Kier alpha value is -1.61. The minimum Gasteiger partial charge on any atom is -0.391 e. The van der Waals surface area contributed by atoms with Crippen molar-refractivity contribution in [1.29, 1.82) is 0 Å². The van der Waals surface area contributed by atoms with E-state index in [2.05, 4.69) is 34.1 Å². The summed E-state index contributed by atoms with van der Waals surface area (Å²) in [6.45, 7) is 2.56. The van der Waals surface area contributed by atoms with Crippen molar-refractivity contribution >= 4 is 22.1 Å². The van der Waals surface area contributed by atoms with Crippen LogP contribution in [-0.2, 0) is 11.4 Å². The maximum absolute atomic E-state index is 5.31. The molecule has 0 bridgehead atoms. The maximum Gasteiger partial charge on any atom is 0.142 e. The van der Waals surface area contributed by atoms with Gasteiger partial charge in [0.15, 0.2) is 0 Å². The maximum atomic E-state index is 5.31. The van der Waals surface area contributed by atoms with Crippen LogP contribution in [0.1, 0.15) is 16.7 Å². The highest BCUT2D eigenvalue weighted by molar-refractivity contribution is 9.10. The lowest BCUT2D eigenvalue weighted by molar-refractivity contribution is 0.131. The Morgan fingerprint density at radius 2 is 1.83 bits per heavy atom. The zero-order valence-corrected chi connectivity index (χ0v) is 11.7. The fourth-order valence-corrected chi connectivity index (χ4v) is 1.94. The second-order valence-electron chi connectivity index (χ2n) is 3.96. The average molecular weight is 304 g/mol. The van der Waals surface area contributed by atoms with E-state index in [9.17, 15) is 0 Å². The summed E-state index contributed by atoms with van der Waals surface area (Å²) in [5, 5.41) is 3.98. The molecule has 18 heavy (non-hydrogen) atoms. The molecule has 0 radical (unpaired) electrons. The van der Waals surface area contributed by atoms with Crippen LogP contribution in [0.4, 0.5) is 0 Å². The number of nitrogens with zero attached hydrogens (tertiary/aromatic N) is 1. The van der Waals surface area contributed by atoms with Gasteiger partial charge in [-0.3, -0.25) is 0 Å². The fourth-order valence-electron chi connectivity index (χ4n) is 1.55. The number of benzene rings is 2. The molecule has 2 nitrogen and oxygen atoms in total. The smallest absolute Gasteiger partial charge is 0.142 e. The molecule has 0 fully saturated rings. The monoisotopic (exact) mass is 303 g/mol. The standard InChI is InChI=1S/C15H14BrNO/c1-12-6-2-3-8-14(12)11-18-17-10-13-7-4-5-9-15(13)16/h2-10H,11H2,1H3. The number of hydrogen-bond acceptors (Lipinski definition) is 2. The largest absolute Gasteiger partial charge is 0.391 e. The quantitative estimate of drug-likeness (QED) is 0.609. The lowest BCUT2D eigenvalue weighted by atomic mass is 10.1. The zero-order valence-electron chi connectivity index (χ0n) is 10.1. The molecule has 0 amide bonds. The normalized spacial score (nSPS) is 10.8. The van der Waals surface area contributed by atoms with Gasteiger partial charge < -0.3 is 4.84 Å². The van der Waals surface area contributed by atoms with Gasteiger partial charge in [-0.25, -0.2) is 0 Å². The van der Waals surface area contributed by atoms with Crippen LogP contribution in [-0.4, -0.2) is 6.21 Å². The number of aryl methyl sites for hydroxylation is 1. The molecule has 3 heteroatoms. The van der Waals surface area contributed by atoms with Crippen LogP contribution in [0.3, 0.4) is 0 Å². The van der Waals surface area contributed by atoms with Gasteiger partial charge >= 0.3 is 0 Å². The first kappa shape index (κ1) is 12.8. The third-order valence-corrected chi connectivity index (χ3v) is 3.38. The molecule has 2 aromatic carbocycles. The first-order valence-corrected chi connectivity index (χ1v) is 6.51. The minimum absolute atomic E-state index is 0.494. The van der Waals surface area contributed by atoms with Crippen molar-refractivity contribution in [3.63, 3.8) is 0 Å². The number of rotatable bonds is 4. The Balaban J connectivity index is 1.93.